The lowest BCUT2D eigenvalue weighted by Gasteiger charge is -2.03. The van der Waals surface area contributed by atoms with Crippen LogP contribution in [-0.4, -0.2) is 19.9 Å². The number of nitrogens with zero attached hydrogens (tertiary/aromatic N) is 4. The lowest BCUT2D eigenvalue weighted by molar-refractivity contribution is -0.384. The van der Waals surface area contributed by atoms with Crippen molar-refractivity contribution in [3.05, 3.63) is 81.7 Å². The van der Waals surface area contributed by atoms with Gasteiger partial charge in [-0.25, -0.2) is 4.68 Å². The number of aryl methyl sites for hydroxylation is 1. The van der Waals surface area contributed by atoms with E-state index in [2.05, 4.69) is 10.3 Å². The summed E-state index contributed by atoms with van der Waals surface area (Å²) in [6.45, 7) is 2.85. The van der Waals surface area contributed by atoms with Crippen molar-refractivity contribution in [2.45, 2.75) is 20.1 Å². The molecule has 0 spiro atoms. The summed E-state index contributed by atoms with van der Waals surface area (Å²) in [7, 11) is 0. The molecule has 0 saturated carbocycles. The second-order valence-corrected chi connectivity index (χ2v) is 5.43. The molecule has 0 fully saturated rings. The van der Waals surface area contributed by atoms with Crippen molar-refractivity contribution < 1.29 is 9.66 Å². The summed E-state index contributed by atoms with van der Waals surface area (Å²) in [5.74, 6) is 0.783. The number of aromatic nitrogens is 3. The van der Waals surface area contributed by atoms with Gasteiger partial charge in [-0.05, 0) is 24.6 Å². The van der Waals surface area contributed by atoms with Gasteiger partial charge in [-0.1, -0.05) is 35.0 Å². The molecular weight excluding hydrogens is 308 g/mol. The molecule has 0 unspecified atom stereocenters. The molecule has 122 valence electrons. The van der Waals surface area contributed by atoms with Crippen LogP contribution in [0.3, 0.4) is 0 Å². The van der Waals surface area contributed by atoms with E-state index in [1.54, 1.807) is 23.0 Å². The van der Waals surface area contributed by atoms with E-state index in [0.29, 0.717) is 13.2 Å². The summed E-state index contributed by atoms with van der Waals surface area (Å²) in [5, 5.41) is 18.8. The van der Waals surface area contributed by atoms with E-state index in [0.717, 1.165) is 17.0 Å². The van der Waals surface area contributed by atoms with Crippen LogP contribution in [0.2, 0.25) is 0 Å². The molecule has 0 aliphatic carbocycles. The van der Waals surface area contributed by atoms with E-state index in [1.807, 2.05) is 31.2 Å². The maximum absolute atomic E-state index is 10.6. The molecule has 0 amide bonds. The number of ether oxygens (including phenoxy) is 1. The highest BCUT2D eigenvalue weighted by Crippen LogP contribution is 2.14. The fraction of sp³-hybridized carbons (Fsp3) is 0.176. The monoisotopic (exact) mass is 324 g/mol. The lowest BCUT2D eigenvalue weighted by atomic mass is 10.2. The number of nitro groups is 1. The van der Waals surface area contributed by atoms with Gasteiger partial charge in [0, 0.05) is 12.1 Å². The zero-order valence-electron chi connectivity index (χ0n) is 13.1. The van der Waals surface area contributed by atoms with Gasteiger partial charge in [0.1, 0.15) is 18.1 Å². The Labute approximate surface area is 138 Å². The van der Waals surface area contributed by atoms with Gasteiger partial charge >= 0.3 is 0 Å². The molecule has 7 nitrogen and oxygen atoms in total. The first-order chi connectivity index (χ1) is 11.6. The molecule has 0 aliphatic rings. The topological polar surface area (TPSA) is 83.1 Å². The van der Waals surface area contributed by atoms with Crippen LogP contribution in [0.25, 0.3) is 0 Å². The van der Waals surface area contributed by atoms with Crippen LogP contribution < -0.4 is 4.74 Å². The highest BCUT2D eigenvalue weighted by molar-refractivity contribution is 5.33. The molecule has 0 saturated heterocycles. The van der Waals surface area contributed by atoms with Gasteiger partial charge < -0.3 is 4.74 Å². The van der Waals surface area contributed by atoms with Gasteiger partial charge in [-0.15, -0.1) is 5.10 Å². The quantitative estimate of drug-likeness (QED) is 0.514. The van der Waals surface area contributed by atoms with E-state index in [4.69, 9.17) is 4.74 Å². The van der Waals surface area contributed by atoms with Crippen molar-refractivity contribution in [1.82, 2.24) is 15.0 Å². The summed E-state index contributed by atoms with van der Waals surface area (Å²) < 4.78 is 7.34. The van der Waals surface area contributed by atoms with Crippen molar-refractivity contribution in [3.8, 4) is 5.75 Å². The van der Waals surface area contributed by atoms with Crippen LogP contribution in [0.4, 0.5) is 5.69 Å². The summed E-state index contributed by atoms with van der Waals surface area (Å²) in [4.78, 5) is 10.2. The van der Waals surface area contributed by atoms with Crippen LogP contribution in [0, 0.1) is 17.0 Å². The maximum atomic E-state index is 10.6. The van der Waals surface area contributed by atoms with Crippen LogP contribution in [0.1, 0.15) is 16.8 Å². The normalized spacial score (nSPS) is 10.5. The van der Waals surface area contributed by atoms with Crippen LogP contribution in [-0.2, 0) is 13.2 Å². The summed E-state index contributed by atoms with van der Waals surface area (Å²) in [6, 6.07) is 14.2. The van der Waals surface area contributed by atoms with E-state index < -0.39 is 4.92 Å². The second kappa shape index (κ2) is 6.91. The SMILES string of the molecule is Cc1ccc(OCc2cn(Cc3ccc([N+](=O)[O-])cc3)nn2)cc1. The summed E-state index contributed by atoms with van der Waals surface area (Å²) in [5.41, 5.74) is 2.88. The van der Waals surface area contributed by atoms with Crippen LogP contribution >= 0.6 is 0 Å². The molecule has 0 bridgehead atoms. The second-order valence-electron chi connectivity index (χ2n) is 5.43. The Morgan fingerprint density at radius 2 is 1.83 bits per heavy atom. The van der Waals surface area contributed by atoms with E-state index >= 15 is 0 Å². The Kier molecular flexibility index (Phi) is 4.51. The van der Waals surface area contributed by atoms with Crippen LogP contribution in [0.5, 0.6) is 5.75 Å². The van der Waals surface area contributed by atoms with Gasteiger partial charge in [-0.3, -0.25) is 10.1 Å². The maximum Gasteiger partial charge on any atom is 0.269 e. The molecular formula is C17H16N4O3. The van der Waals surface area contributed by atoms with Gasteiger partial charge in [0.05, 0.1) is 17.7 Å². The third-order valence-electron chi connectivity index (χ3n) is 3.49. The molecule has 3 aromatic rings. The molecule has 0 atom stereocenters. The highest BCUT2D eigenvalue weighted by atomic mass is 16.6. The Morgan fingerprint density at radius 3 is 2.50 bits per heavy atom. The first-order valence-electron chi connectivity index (χ1n) is 7.42. The van der Waals surface area contributed by atoms with E-state index in [9.17, 15) is 10.1 Å². The lowest BCUT2D eigenvalue weighted by Crippen LogP contribution is -2.00. The number of nitro benzene ring substituents is 1. The standard InChI is InChI=1S/C17H16N4O3/c1-13-2-8-17(9-3-13)24-12-15-11-20(19-18-15)10-14-4-6-16(7-5-14)21(22)23/h2-9,11H,10,12H2,1H3. The van der Waals surface area contributed by atoms with Crippen molar-refractivity contribution in [3.63, 3.8) is 0 Å². The molecule has 1 aromatic heterocycles. The first-order valence-corrected chi connectivity index (χ1v) is 7.42. The Bertz CT molecular complexity index is 826. The Balaban J connectivity index is 1.58. The number of benzene rings is 2. The van der Waals surface area contributed by atoms with Gasteiger partial charge in [0.2, 0.25) is 0 Å². The van der Waals surface area contributed by atoms with Gasteiger partial charge in [-0.2, -0.15) is 0 Å². The largest absolute Gasteiger partial charge is 0.487 e. The van der Waals surface area contributed by atoms with Gasteiger partial charge in [0.15, 0.2) is 0 Å². The fourth-order valence-corrected chi connectivity index (χ4v) is 2.18. The average Bonchev–Trinajstić information content (AvgIpc) is 3.02. The molecule has 0 aliphatic heterocycles. The van der Waals surface area contributed by atoms with E-state index in [1.165, 1.54) is 17.7 Å². The van der Waals surface area contributed by atoms with Gasteiger partial charge in [0.25, 0.3) is 5.69 Å². The zero-order chi connectivity index (χ0) is 16.9. The molecule has 0 radical (unpaired) electrons. The minimum Gasteiger partial charge on any atom is -0.487 e. The Morgan fingerprint density at radius 1 is 1.12 bits per heavy atom. The molecule has 24 heavy (non-hydrogen) atoms. The molecule has 1 heterocycles. The number of non-ortho nitro benzene ring substituents is 1. The molecule has 0 N–H and O–H groups in total. The van der Waals surface area contributed by atoms with Crippen molar-refractivity contribution in [1.29, 1.82) is 0 Å². The van der Waals surface area contributed by atoms with Crippen molar-refractivity contribution in [2.24, 2.45) is 0 Å². The molecule has 7 heteroatoms. The van der Waals surface area contributed by atoms with Crippen molar-refractivity contribution >= 4 is 5.69 Å². The Hall–Kier alpha value is -3.22. The third-order valence-corrected chi connectivity index (χ3v) is 3.49. The van der Waals surface area contributed by atoms with Crippen molar-refractivity contribution in [2.75, 3.05) is 0 Å². The summed E-state index contributed by atoms with van der Waals surface area (Å²) >= 11 is 0. The predicted octanol–water partition coefficient (Wildman–Crippen LogP) is 3.12. The average molecular weight is 324 g/mol. The minimum absolute atomic E-state index is 0.0736. The smallest absolute Gasteiger partial charge is 0.269 e. The first kappa shape index (κ1) is 15.7. The molecule has 3 rings (SSSR count). The zero-order valence-corrected chi connectivity index (χ0v) is 13.1. The summed E-state index contributed by atoms with van der Waals surface area (Å²) in [6.07, 6.45) is 1.80. The number of rotatable bonds is 6. The minimum atomic E-state index is -0.417. The number of hydrogen-bond acceptors (Lipinski definition) is 5. The predicted molar refractivity (Wildman–Crippen MR) is 87.7 cm³/mol. The fourth-order valence-electron chi connectivity index (χ4n) is 2.18. The molecule has 2 aromatic carbocycles. The van der Waals surface area contributed by atoms with Crippen LogP contribution in [0.15, 0.2) is 54.7 Å². The number of hydrogen-bond donors (Lipinski definition) is 0. The highest BCUT2D eigenvalue weighted by Gasteiger charge is 2.06. The van der Waals surface area contributed by atoms with E-state index in [-0.39, 0.29) is 5.69 Å². The third kappa shape index (κ3) is 3.95.